The molecule has 0 saturated carbocycles. The molecule has 0 amide bonds. The average molecular weight is 356 g/mol. The largest absolute Gasteiger partial charge is 0.350 e. The van der Waals surface area contributed by atoms with Gasteiger partial charge in [-0.25, -0.2) is 8.78 Å². The summed E-state index contributed by atoms with van der Waals surface area (Å²) >= 11 is 0. The number of ether oxygens (including phenoxy) is 2. The second-order valence-corrected chi connectivity index (χ2v) is 8.20. The van der Waals surface area contributed by atoms with E-state index >= 15 is 0 Å². The van der Waals surface area contributed by atoms with Gasteiger partial charge in [0.15, 0.2) is 6.29 Å². The highest BCUT2D eigenvalue weighted by molar-refractivity contribution is 5.19. The van der Waals surface area contributed by atoms with Crippen molar-refractivity contribution < 1.29 is 18.3 Å². The fraction of sp³-hybridized carbons (Fsp3) is 0.684. The molecule has 1 fully saturated rings. The molecule has 0 aliphatic carbocycles. The molecule has 1 aliphatic rings. The van der Waals surface area contributed by atoms with Crippen LogP contribution in [0, 0.1) is 17.0 Å². The molecule has 0 bridgehead atoms. The molecule has 2 rings (SSSR count). The molecule has 4 nitrogen and oxygen atoms in total. The lowest BCUT2D eigenvalue weighted by Crippen LogP contribution is -2.55. The fourth-order valence-electron chi connectivity index (χ4n) is 2.99. The molecule has 142 valence electrons. The van der Waals surface area contributed by atoms with E-state index in [1.165, 1.54) is 12.1 Å². The van der Waals surface area contributed by atoms with Crippen LogP contribution in [0.4, 0.5) is 8.78 Å². The average Bonchev–Trinajstić information content (AvgIpc) is 2.44. The third-order valence-electron chi connectivity index (χ3n) is 4.06. The SMILES string of the molecule is C[C@@H]1N[C@@H](C[C@@H](N)Cc2cc(F)cc(F)c2)CO[C@H]1OCC(C)(C)C. The Balaban J connectivity index is 1.80. The van der Waals surface area contributed by atoms with Crippen molar-refractivity contribution in [1.29, 1.82) is 0 Å². The van der Waals surface area contributed by atoms with Crippen LogP contribution in [0.15, 0.2) is 18.2 Å². The molecular formula is C19H30F2N2O2. The number of hydrogen-bond acceptors (Lipinski definition) is 4. The third kappa shape index (κ3) is 6.98. The van der Waals surface area contributed by atoms with Gasteiger partial charge in [0.2, 0.25) is 0 Å². The molecule has 0 aromatic heterocycles. The van der Waals surface area contributed by atoms with Crippen LogP contribution in [0.5, 0.6) is 0 Å². The molecule has 1 aromatic rings. The first-order chi connectivity index (χ1) is 11.6. The Morgan fingerprint density at radius 2 is 1.92 bits per heavy atom. The summed E-state index contributed by atoms with van der Waals surface area (Å²) in [7, 11) is 0. The fourth-order valence-corrected chi connectivity index (χ4v) is 2.99. The zero-order chi connectivity index (χ0) is 18.6. The summed E-state index contributed by atoms with van der Waals surface area (Å²) in [5.74, 6) is -1.15. The van der Waals surface area contributed by atoms with Gasteiger partial charge in [0.25, 0.3) is 0 Å². The highest BCUT2D eigenvalue weighted by atomic mass is 19.1. The standard InChI is InChI=1S/C19H30F2N2O2/c1-12-18(25-11-19(2,3)4)24-10-17(23-12)9-16(22)7-13-5-14(20)8-15(21)6-13/h5-6,8,12,16-18,23H,7,9-11,22H2,1-4H3/t12-,16-,17-,18-/m0/s1. The number of morpholine rings is 1. The molecule has 0 unspecified atom stereocenters. The number of nitrogens with two attached hydrogens (primary N) is 1. The first kappa shape index (κ1) is 20.2. The van der Waals surface area contributed by atoms with Crippen LogP contribution < -0.4 is 11.1 Å². The van der Waals surface area contributed by atoms with Crippen LogP contribution in [0.3, 0.4) is 0 Å². The third-order valence-corrected chi connectivity index (χ3v) is 4.06. The lowest BCUT2D eigenvalue weighted by molar-refractivity contribution is -0.194. The number of rotatable bonds is 6. The van der Waals surface area contributed by atoms with Gasteiger partial charge in [-0.3, -0.25) is 0 Å². The minimum absolute atomic E-state index is 0.0555. The minimum atomic E-state index is -0.575. The van der Waals surface area contributed by atoms with Crippen LogP contribution in [0.2, 0.25) is 0 Å². The van der Waals surface area contributed by atoms with Crippen molar-refractivity contribution >= 4 is 0 Å². The van der Waals surface area contributed by atoms with Gasteiger partial charge in [0.05, 0.1) is 19.3 Å². The number of benzene rings is 1. The normalized spacial score (nSPS) is 25.8. The van der Waals surface area contributed by atoms with E-state index in [9.17, 15) is 8.78 Å². The summed E-state index contributed by atoms with van der Waals surface area (Å²) in [6.07, 6.45) is 0.809. The van der Waals surface area contributed by atoms with Gasteiger partial charge >= 0.3 is 0 Å². The molecule has 1 aromatic carbocycles. The van der Waals surface area contributed by atoms with Gasteiger partial charge in [-0.2, -0.15) is 0 Å². The molecule has 1 aliphatic heterocycles. The molecule has 0 radical (unpaired) electrons. The maximum absolute atomic E-state index is 13.3. The van der Waals surface area contributed by atoms with E-state index in [1.807, 2.05) is 6.92 Å². The van der Waals surface area contributed by atoms with E-state index in [2.05, 4.69) is 26.1 Å². The van der Waals surface area contributed by atoms with Gasteiger partial charge in [-0.05, 0) is 42.9 Å². The Kier molecular flexibility index (Phi) is 6.91. The molecule has 3 N–H and O–H groups in total. The van der Waals surface area contributed by atoms with E-state index in [0.717, 1.165) is 6.07 Å². The topological polar surface area (TPSA) is 56.5 Å². The van der Waals surface area contributed by atoms with Crippen molar-refractivity contribution in [1.82, 2.24) is 5.32 Å². The number of hydrogen-bond donors (Lipinski definition) is 2. The lowest BCUT2D eigenvalue weighted by Gasteiger charge is -2.37. The van der Waals surface area contributed by atoms with Gasteiger partial charge in [0.1, 0.15) is 11.6 Å². The monoisotopic (exact) mass is 356 g/mol. The Hall–Kier alpha value is -1.08. The smallest absolute Gasteiger partial charge is 0.172 e. The summed E-state index contributed by atoms with van der Waals surface area (Å²) in [4.78, 5) is 0. The Labute approximate surface area is 149 Å². The first-order valence-corrected chi connectivity index (χ1v) is 8.82. The molecular weight excluding hydrogens is 326 g/mol. The second kappa shape index (κ2) is 8.54. The Morgan fingerprint density at radius 3 is 2.48 bits per heavy atom. The summed E-state index contributed by atoms with van der Waals surface area (Å²) in [6.45, 7) is 9.50. The van der Waals surface area contributed by atoms with Crippen molar-refractivity contribution in [3.05, 3.63) is 35.4 Å². The van der Waals surface area contributed by atoms with Gasteiger partial charge in [-0.1, -0.05) is 20.8 Å². The summed E-state index contributed by atoms with van der Waals surface area (Å²) in [5.41, 5.74) is 6.82. The highest BCUT2D eigenvalue weighted by Crippen LogP contribution is 2.19. The zero-order valence-electron chi connectivity index (χ0n) is 15.5. The predicted octanol–water partition coefficient (Wildman–Crippen LogP) is 2.99. The number of halogens is 2. The van der Waals surface area contributed by atoms with Crippen molar-refractivity contribution in [2.45, 2.75) is 65.0 Å². The van der Waals surface area contributed by atoms with Crippen LogP contribution in [0.1, 0.15) is 39.7 Å². The van der Waals surface area contributed by atoms with E-state index in [-0.39, 0.29) is 29.8 Å². The molecule has 1 saturated heterocycles. The van der Waals surface area contributed by atoms with E-state index in [4.69, 9.17) is 15.2 Å². The van der Waals surface area contributed by atoms with Crippen LogP contribution in [-0.4, -0.2) is 37.6 Å². The molecule has 1 heterocycles. The van der Waals surface area contributed by atoms with Crippen LogP contribution in [0.25, 0.3) is 0 Å². The quantitative estimate of drug-likeness (QED) is 0.823. The van der Waals surface area contributed by atoms with Gasteiger partial charge < -0.3 is 20.5 Å². The van der Waals surface area contributed by atoms with Crippen molar-refractivity contribution in [3.8, 4) is 0 Å². The van der Waals surface area contributed by atoms with Crippen molar-refractivity contribution in [2.75, 3.05) is 13.2 Å². The Bertz CT molecular complexity index is 543. The summed E-state index contributed by atoms with van der Waals surface area (Å²) < 4.78 is 38.2. The van der Waals surface area contributed by atoms with E-state index in [1.54, 1.807) is 0 Å². The first-order valence-electron chi connectivity index (χ1n) is 8.82. The molecule has 25 heavy (non-hydrogen) atoms. The summed E-state index contributed by atoms with van der Waals surface area (Å²) in [6, 6.07) is 3.46. The maximum atomic E-state index is 13.3. The zero-order valence-corrected chi connectivity index (χ0v) is 15.5. The second-order valence-electron chi connectivity index (χ2n) is 8.20. The van der Waals surface area contributed by atoms with Crippen LogP contribution in [-0.2, 0) is 15.9 Å². The van der Waals surface area contributed by atoms with Crippen molar-refractivity contribution in [3.63, 3.8) is 0 Å². The Morgan fingerprint density at radius 1 is 1.28 bits per heavy atom. The minimum Gasteiger partial charge on any atom is -0.350 e. The van der Waals surface area contributed by atoms with E-state index < -0.39 is 11.6 Å². The number of nitrogens with one attached hydrogen (secondary N) is 1. The maximum Gasteiger partial charge on any atom is 0.172 e. The van der Waals surface area contributed by atoms with Gasteiger partial charge in [0, 0.05) is 18.2 Å². The predicted molar refractivity (Wildman–Crippen MR) is 94.2 cm³/mol. The van der Waals surface area contributed by atoms with Crippen LogP contribution >= 0.6 is 0 Å². The van der Waals surface area contributed by atoms with E-state index in [0.29, 0.717) is 31.6 Å². The molecule has 0 spiro atoms. The van der Waals surface area contributed by atoms with Crippen molar-refractivity contribution in [2.24, 2.45) is 11.1 Å². The summed E-state index contributed by atoms with van der Waals surface area (Å²) in [5, 5.41) is 3.46. The molecule has 6 heteroatoms. The highest BCUT2D eigenvalue weighted by Gasteiger charge is 2.30. The van der Waals surface area contributed by atoms with Gasteiger partial charge in [-0.15, -0.1) is 0 Å². The lowest BCUT2D eigenvalue weighted by atomic mass is 9.98. The molecule has 4 atom stereocenters.